The summed E-state index contributed by atoms with van der Waals surface area (Å²) in [5, 5.41) is 16.2. The van der Waals surface area contributed by atoms with E-state index in [-0.39, 0.29) is 22.3 Å². The molecule has 278 valence electrons. The van der Waals surface area contributed by atoms with Crippen LogP contribution < -0.4 is 5.32 Å². The molecule has 0 saturated heterocycles. The van der Waals surface area contributed by atoms with E-state index >= 15 is 0 Å². The van der Waals surface area contributed by atoms with E-state index in [1.54, 1.807) is 57.1 Å². The fourth-order valence-corrected chi connectivity index (χ4v) is 10.9. The van der Waals surface area contributed by atoms with Gasteiger partial charge < -0.3 is 5.32 Å². The molecule has 2 N–H and O–H groups in total. The van der Waals surface area contributed by atoms with Crippen LogP contribution in [0.15, 0.2) is 58.1 Å². The molecule has 0 saturated carbocycles. The van der Waals surface area contributed by atoms with Gasteiger partial charge in [-0.3, -0.25) is 14.1 Å². The van der Waals surface area contributed by atoms with Crippen LogP contribution in [0, 0.1) is 0 Å². The molecule has 10 nitrogen and oxygen atoms in total. The molecular weight excluding hydrogens is 832 g/mol. The molecule has 8 rings (SSSR count). The lowest BCUT2D eigenvalue weighted by Crippen LogP contribution is -2.26. The predicted octanol–water partition coefficient (Wildman–Crippen LogP) is 10.1. The molecule has 0 unspecified atom stereocenters. The molecule has 2 aliphatic carbocycles. The van der Waals surface area contributed by atoms with Crippen LogP contribution in [0.4, 0.5) is 0 Å². The van der Waals surface area contributed by atoms with Gasteiger partial charge in [0.05, 0.1) is 42.6 Å². The van der Waals surface area contributed by atoms with Crippen molar-refractivity contribution < 1.29 is 22.6 Å². The molecule has 54 heavy (non-hydrogen) atoms. The van der Waals surface area contributed by atoms with Crippen molar-refractivity contribution in [2.24, 2.45) is 0 Å². The second-order valence-corrected chi connectivity index (χ2v) is 18.4. The molecule has 6 aromatic rings. The van der Waals surface area contributed by atoms with Crippen molar-refractivity contribution in [3.05, 3.63) is 108 Å². The maximum absolute atomic E-state index is 13.6. The zero-order valence-corrected chi connectivity index (χ0v) is 33.6. The number of halogens is 4. The molecule has 2 aromatic carbocycles. The summed E-state index contributed by atoms with van der Waals surface area (Å²) in [7, 11) is -4.40. The normalized spacial score (nSPS) is 12.8. The summed E-state index contributed by atoms with van der Waals surface area (Å²) in [6.07, 6.45) is 5.22. The number of carbonyl (C=O) groups is 2. The summed E-state index contributed by atoms with van der Waals surface area (Å²) in [4.78, 5) is 28.7. The number of carbonyl (C=O) groups excluding carboxylic acids is 2. The molecule has 2 aliphatic rings. The first-order valence-electron chi connectivity index (χ1n) is 17.0. The molecule has 1 amide bonds. The highest BCUT2D eigenvalue weighted by Crippen LogP contribution is 2.47. The first-order valence-corrected chi connectivity index (χ1v) is 21.7. The van der Waals surface area contributed by atoms with Crippen LogP contribution in [0.3, 0.4) is 0 Å². The number of amides is 1. The Morgan fingerprint density at radius 1 is 0.759 bits per heavy atom. The predicted molar refractivity (Wildman–Crippen MR) is 214 cm³/mol. The Morgan fingerprint density at radius 2 is 1.35 bits per heavy atom. The summed E-state index contributed by atoms with van der Waals surface area (Å²) < 4.78 is 36.6. The Kier molecular flexibility index (Phi) is 10.3. The Morgan fingerprint density at radius 3 is 2.02 bits per heavy atom. The van der Waals surface area contributed by atoms with Gasteiger partial charge in [-0.05, 0) is 77.9 Å². The number of hydrogen-bond acceptors (Lipinski definition) is 8. The molecule has 0 spiro atoms. The van der Waals surface area contributed by atoms with Crippen molar-refractivity contribution in [3.8, 4) is 32.5 Å². The summed E-state index contributed by atoms with van der Waals surface area (Å²) in [5.41, 5.74) is 6.77. The van der Waals surface area contributed by atoms with Crippen molar-refractivity contribution in [1.29, 1.82) is 0 Å². The molecule has 0 radical (unpaired) electrons. The fraction of sp³-hybridized carbons (Fsp3) is 0.243. The first kappa shape index (κ1) is 37.4. The number of nitrogens with zero attached hydrogens (tertiary/aromatic N) is 4. The van der Waals surface area contributed by atoms with Crippen molar-refractivity contribution in [3.63, 3.8) is 0 Å². The fourth-order valence-electron chi connectivity index (χ4n) is 7.03. The van der Waals surface area contributed by atoms with Crippen LogP contribution in [0.1, 0.15) is 81.8 Å². The largest absolute Gasteiger partial charge is 0.351 e. The summed E-state index contributed by atoms with van der Waals surface area (Å²) in [6, 6.07) is 13.7. The van der Waals surface area contributed by atoms with Crippen LogP contribution in [0.25, 0.3) is 32.5 Å². The standard InChI is InChI=1S/C37H29Cl4N5O5S3/c38-21-7-9-27(25(40)17-21)45-33-24(14-19-11-13-52-35(19)33)32(44-45)37(48)42-12-5-3-1-2-4-6-29(47)31-23-15-20-16-30(54(49,50)51)53-36(20)34(23)46(43-31)28-10-8-22(39)18-26(28)41/h7-11,13,16-18H,1-6,12,14-15H2,(H,42,48)(H,49,50,51). The van der Waals surface area contributed by atoms with Gasteiger partial charge in [-0.25, -0.2) is 9.36 Å². The Balaban J connectivity index is 0.873. The van der Waals surface area contributed by atoms with E-state index in [4.69, 9.17) is 51.5 Å². The van der Waals surface area contributed by atoms with Crippen LogP contribution in [0.5, 0.6) is 0 Å². The molecular formula is C37H29Cl4N5O5S3. The van der Waals surface area contributed by atoms with Crippen LogP contribution in [0.2, 0.25) is 20.1 Å². The highest BCUT2D eigenvalue weighted by molar-refractivity contribution is 7.88. The minimum atomic E-state index is -4.40. The van der Waals surface area contributed by atoms with Gasteiger partial charge in [-0.1, -0.05) is 65.7 Å². The number of unbranched alkanes of at least 4 members (excludes halogenated alkanes) is 4. The molecule has 0 bridgehead atoms. The van der Waals surface area contributed by atoms with Gasteiger partial charge in [0.2, 0.25) is 0 Å². The average molecular weight is 862 g/mol. The number of Topliss-reactive ketones (excluding diaryl/α,β-unsaturated/α-hetero) is 1. The SMILES string of the molecule is O=C(CCCCCCCNC(=O)c1nn(-c2ccc(Cl)cc2Cl)c2c1Cc1ccsc1-2)c1nn(-c2ccc(Cl)cc2Cl)c2c1Cc1cc(S(=O)(=O)O)sc1-2. The molecule has 4 aromatic heterocycles. The topological polar surface area (TPSA) is 136 Å². The second-order valence-electron chi connectivity index (χ2n) is 13.1. The van der Waals surface area contributed by atoms with Crippen LogP contribution in [-0.4, -0.2) is 50.8 Å². The van der Waals surface area contributed by atoms with E-state index in [1.165, 1.54) is 6.07 Å². The third-order valence-corrected chi connectivity index (χ3v) is 14.1. The van der Waals surface area contributed by atoms with E-state index < -0.39 is 10.1 Å². The smallest absolute Gasteiger partial charge is 0.304 e. The monoisotopic (exact) mass is 859 g/mol. The van der Waals surface area contributed by atoms with Crippen molar-refractivity contribution in [2.45, 2.75) is 55.6 Å². The second kappa shape index (κ2) is 14.8. The van der Waals surface area contributed by atoms with E-state index in [1.807, 2.05) is 5.38 Å². The van der Waals surface area contributed by atoms with Gasteiger partial charge >= 0.3 is 10.1 Å². The number of aromatic nitrogens is 4. The number of nitrogens with one attached hydrogen (secondary N) is 1. The third kappa shape index (κ3) is 6.94. The maximum atomic E-state index is 13.6. The average Bonchev–Trinajstić information content (AvgIpc) is 3.94. The number of benzene rings is 2. The van der Waals surface area contributed by atoms with Crippen molar-refractivity contribution >= 4 is 90.9 Å². The van der Waals surface area contributed by atoms with Gasteiger partial charge in [0.15, 0.2) is 11.5 Å². The van der Waals surface area contributed by atoms with Crippen LogP contribution in [-0.2, 0) is 23.0 Å². The lowest BCUT2D eigenvalue weighted by molar-refractivity contribution is 0.0943. The molecule has 4 heterocycles. The highest BCUT2D eigenvalue weighted by Gasteiger charge is 2.35. The van der Waals surface area contributed by atoms with Crippen molar-refractivity contribution in [2.75, 3.05) is 6.54 Å². The Hall–Kier alpha value is -3.53. The number of thiophene rings is 2. The molecule has 0 fully saturated rings. The minimum Gasteiger partial charge on any atom is -0.351 e. The van der Waals surface area contributed by atoms with E-state index in [0.29, 0.717) is 90.4 Å². The molecule has 0 aliphatic heterocycles. The van der Waals surface area contributed by atoms with E-state index in [9.17, 15) is 22.6 Å². The lowest BCUT2D eigenvalue weighted by atomic mass is 10.0. The van der Waals surface area contributed by atoms with E-state index in [0.717, 1.165) is 58.7 Å². The number of ketones is 1. The van der Waals surface area contributed by atoms with Gasteiger partial charge in [-0.15, -0.1) is 22.7 Å². The van der Waals surface area contributed by atoms with Gasteiger partial charge in [-0.2, -0.15) is 18.6 Å². The number of fused-ring (bicyclic) bond motifs is 6. The highest BCUT2D eigenvalue weighted by atomic mass is 35.5. The van der Waals surface area contributed by atoms with E-state index in [2.05, 4.69) is 16.5 Å². The molecule has 0 atom stereocenters. The zero-order valence-electron chi connectivity index (χ0n) is 28.2. The van der Waals surface area contributed by atoms with Crippen molar-refractivity contribution in [1.82, 2.24) is 24.9 Å². The Labute approximate surface area is 338 Å². The summed E-state index contributed by atoms with van der Waals surface area (Å²) >= 11 is 27.9. The lowest BCUT2D eigenvalue weighted by Gasteiger charge is -2.08. The van der Waals surface area contributed by atoms with Crippen LogP contribution >= 0.6 is 69.1 Å². The third-order valence-electron chi connectivity index (χ3n) is 9.54. The van der Waals surface area contributed by atoms with Gasteiger partial charge in [0.25, 0.3) is 5.91 Å². The number of rotatable bonds is 13. The maximum Gasteiger partial charge on any atom is 0.304 e. The quantitative estimate of drug-likeness (QED) is 0.0669. The Bertz CT molecular complexity index is 2610. The first-order chi connectivity index (χ1) is 25.9. The van der Waals surface area contributed by atoms with Gasteiger partial charge in [0, 0.05) is 47.0 Å². The summed E-state index contributed by atoms with van der Waals surface area (Å²) in [6.45, 7) is 0.489. The molecule has 17 heteroatoms. The number of hydrogen-bond donors (Lipinski definition) is 2. The minimum absolute atomic E-state index is 0.117. The van der Waals surface area contributed by atoms with Gasteiger partial charge in [0.1, 0.15) is 9.90 Å². The summed E-state index contributed by atoms with van der Waals surface area (Å²) in [5.74, 6) is -0.347. The zero-order chi connectivity index (χ0) is 37.9.